The van der Waals surface area contributed by atoms with Crippen LogP contribution in [0, 0.1) is 0 Å². The van der Waals surface area contributed by atoms with Crippen LogP contribution >= 0.6 is 34.8 Å². The first-order valence-electron chi connectivity index (χ1n) is 6.44. The summed E-state index contributed by atoms with van der Waals surface area (Å²) < 4.78 is 0. The fourth-order valence-electron chi connectivity index (χ4n) is 1.90. The SMILES string of the molecule is CCN(C)C(=O)C(C)NC(C)c1ccc(Cl)c(Cl)c1Cl. The number of halogens is 3. The lowest BCUT2D eigenvalue weighted by Crippen LogP contribution is -2.43. The van der Waals surface area contributed by atoms with Gasteiger partial charge in [-0.3, -0.25) is 10.1 Å². The lowest BCUT2D eigenvalue weighted by molar-refractivity contribution is -0.131. The van der Waals surface area contributed by atoms with E-state index < -0.39 is 0 Å². The van der Waals surface area contributed by atoms with Gasteiger partial charge < -0.3 is 4.90 Å². The van der Waals surface area contributed by atoms with E-state index in [0.29, 0.717) is 21.6 Å². The molecule has 0 aliphatic heterocycles. The molecular formula is C14H19Cl3N2O. The van der Waals surface area contributed by atoms with Crippen molar-refractivity contribution < 1.29 is 4.79 Å². The zero-order valence-electron chi connectivity index (χ0n) is 12.0. The van der Waals surface area contributed by atoms with Crippen LogP contribution in [-0.2, 0) is 4.79 Å². The third-order valence-corrected chi connectivity index (χ3v) is 4.56. The van der Waals surface area contributed by atoms with E-state index in [-0.39, 0.29) is 18.0 Å². The molecule has 0 saturated heterocycles. The number of benzene rings is 1. The standard InChI is InChI=1S/C14H19Cl3N2O/c1-5-19(4)14(20)9(3)18-8(2)10-6-7-11(15)13(17)12(10)16/h6-9,18H,5H2,1-4H3. The molecule has 1 aromatic rings. The Morgan fingerprint density at radius 2 is 1.85 bits per heavy atom. The highest BCUT2D eigenvalue weighted by molar-refractivity contribution is 6.48. The van der Waals surface area contributed by atoms with E-state index in [1.807, 2.05) is 26.8 Å². The molecule has 0 aliphatic rings. The first-order chi connectivity index (χ1) is 9.29. The van der Waals surface area contributed by atoms with Crippen LogP contribution in [0.15, 0.2) is 12.1 Å². The average molecular weight is 338 g/mol. The zero-order chi connectivity index (χ0) is 15.4. The van der Waals surface area contributed by atoms with Crippen molar-refractivity contribution in [3.8, 4) is 0 Å². The highest BCUT2D eigenvalue weighted by Crippen LogP contribution is 2.35. The molecule has 0 heterocycles. The molecule has 2 atom stereocenters. The summed E-state index contributed by atoms with van der Waals surface area (Å²) in [7, 11) is 1.78. The van der Waals surface area contributed by atoms with E-state index in [4.69, 9.17) is 34.8 Å². The topological polar surface area (TPSA) is 32.3 Å². The number of carbonyl (C=O) groups excluding carboxylic acids is 1. The van der Waals surface area contributed by atoms with Crippen molar-refractivity contribution in [2.75, 3.05) is 13.6 Å². The number of hydrogen-bond donors (Lipinski definition) is 1. The van der Waals surface area contributed by atoms with Gasteiger partial charge in [0.15, 0.2) is 0 Å². The van der Waals surface area contributed by atoms with Crippen molar-refractivity contribution >= 4 is 40.7 Å². The number of hydrogen-bond acceptors (Lipinski definition) is 2. The second-order valence-corrected chi connectivity index (χ2v) is 5.89. The minimum absolute atomic E-state index is 0.0375. The first-order valence-corrected chi connectivity index (χ1v) is 7.57. The van der Waals surface area contributed by atoms with Crippen LogP contribution in [0.25, 0.3) is 0 Å². The Morgan fingerprint density at radius 3 is 2.40 bits per heavy atom. The van der Waals surface area contributed by atoms with Gasteiger partial charge in [-0.25, -0.2) is 0 Å². The van der Waals surface area contributed by atoms with Gasteiger partial charge in [0.25, 0.3) is 0 Å². The van der Waals surface area contributed by atoms with Gasteiger partial charge in [-0.15, -0.1) is 0 Å². The average Bonchev–Trinajstić information content (AvgIpc) is 2.42. The van der Waals surface area contributed by atoms with Crippen LogP contribution in [0.1, 0.15) is 32.4 Å². The molecule has 0 bridgehead atoms. The quantitative estimate of drug-likeness (QED) is 0.818. The third-order valence-electron chi connectivity index (χ3n) is 3.25. The smallest absolute Gasteiger partial charge is 0.239 e. The minimum Gasteiger partial charge on any atom is -0.345 e. The summed E-state index contributed by atoms with van der Waals surface area (Å²) in [6, 6.07) is 3.10. The van der Waals surface area contributed by atoms with Gasteiger partial charge in [0, 0.05) is 19.6 Å². The molecule has 0 saturated carbocycles. The first kappa shape index (κ1) is 17.6. The van der Waals surface area contributed by atoms with Crippen LogP contribution < -0.4 is 5.32 Å². The predicted molar refractivity (Wildman–Crippen MR) is 85.8 cm³/mol. The van der Waals surface area contributed by atoms with Gasteiger partial charge in [-0.2, -0.15) is 0 Å². The molecule has 0 aromatic heterocycles. The molecule has 1 N–H and O–H groups in total. The summed E-state index contributed by atoms with van der Waals surface area (Å²) >= 11 is 18.1. The molecule has 2 unspecified atom stereocenters. The number of carbonyl (C=O) groups is 1. The summed E-state index contributed by atoms with van der Waals surface area (Å²) in [5.74, 6) is 0.0375. The van der Waals surface area contributed by atoms with E-state index in [1.165, 1.54) is 0 Å². The molecule has 3 nitrogen and oxygen atoms in total. The van der Waals surface area contributed by atoms with Crippen molar-refractivity contribution in [2.24, 2.45) is 0 Å². The summed E-state index contributed by atoms with van der Waals surface area (Å²) in [4.78, 5) is 13.7. The van der Waals surface area contributed by atoms with Gasteiger partial charge >= 0.3 is 0 Å². The maximum absolute atomic E-state index is 12.0. The van der Waals surface area contributed by atoms with Crippen LogP contribution in [0.5, 0.6) is 0 Å². The molecular weight excluding hydrogens is 319 g/mol. The Kier molecular flexibility index (Phi) is 6.59. The van der Waals surface area contributed by atoms with Gasteiger partial charge in [-0.05, 0) is 32.4 Å². The lowest BCUT2D eigenvalue weighted by Gasteiger charge is -2.24. The molecule has 1 rings (SSSR count). The second kappa shape index (κ2) is 7.51. The molecule has 0 aliphatic carbocycles. The number of nitrogens with zero attached hydrogens (tertiary/aromatic N) is 1. The molecule has 0 fully saturated rings. The number of rotatable bonds is 5. The van der Waals surface area contributed by atoms with Crippen LogP contribution in [-0.4, -0.2) is 30.4 Å². The van der Waals surface area contributed by atoms with Crippen molar-refractivity contribution in [3.05, 3.63) is 32.8 Å². The Bertz CT molecular complexity index is 494. The largest absolute Gasteiger partial charge is 0.345 e. The van der Waals surface area contributed by atoms with Crippen molar-refractivity contribution in [3.63, 3.8) is 0 Å². The summed E-state index contributed by atoms with van der Waals surface area (Å²) in [6.45, 7) is 6.37. The molecule has 6 heteroatoms. The van der Waals surface area contributed by atoms with Gasteiger partial charge in [0.1, 0.15) is 0 Å². The molecule has 0 spiro atoms. The van der Waals surface area contributed by atoms with Gasteiger partial charge in [-0.1, -0.05) is 40.9 Å². The van der Waals surface area contributed by atoms with Crippen LogP contribution in [0.4, 0.5) is 0 Å². The van der Waals surface area contributed by atoms with Crippen molar-refractivity contribution in [1.82, 2.24) is 10.2 Å². The molecule has 0 radical (unpaired) electrons. The maximum Gasteiger partial charge on any atom is 0.239 e. The summed E-state index contributed by atoms with van der Waals surface area (Å²) in [5.41, 5.74) is 0.819. The Morgan fingerprint density at radius 1 is 1.25 bits per heavy atom. The Labute approximate surface area is 135 Å². The monoisotopic (exact) mass is 336 g/mol. The molecule has 1 amide bonds. The Balaban J connectivity index is 2.84. The van der Waals surface area contributed by atoms with Crippen LogP contribution in [0.3, 0.4) is 0 Å². The number of amides is 1. The van der Waals surface area contributed by atoms with E-state index >= 15 is 0 Å². The maximum atomic E-state index is 12.0. The summed E-state index contributed by atoms with van der Waals surface area (Å²) in [6.07, 6.45) is 0. The number of likely N-dealkylation sites (N-methyl/N-ethyl adjacent to an activating group) is 1. The molecule has 20 heavy (non-hydrogen) atoms. The highest BCUT2D eigenvalue weighted by Gasteiger charge is 2.21. The van der Waals surface area contributed by atoms with Crippen molar-refractivity contribution in [1.29, 1.82) is 0 Å². The normalized spacial score (nSPS) is 13.9. The van der Waals surface area contributed by atoms with E-state index in [9.17, 15) is 4.79 Å². The lowest BCUT2D eigenvalue weighted by atomic mass is 10.1. The predicted octanol–water partition coefficient (Wildman–Crippen LogP) is 4.16. The highest BCUT2D eigenvalue weighted by atomic mass is 35.5. The fraction of sp³-hybridized carbons (Fsp3) is 0.500. The summed E-state index contributed by atoms with van der Waals surface area (Å²) in [5, 5.41) is 4.40. The van der Waals surface area contributed by atoms with Crippen molar-refractivity contribution in [2.45, 2.75) is 32.9 Å². The molecule has 112 valence electrons. The number of nitrogens with one attached hydrogen (secondary N) is 1. The zero-order valence-corrected chi connectivity index (χ0v) is 14.3. The second-order valence-electron chi connectivity index (χ2n) is 4.73. The molecule has 1 aromatic carbocycles. The minimum atomic E-state index is -0.305. The third kappa shape index (κ3) is 4.01. The van der Waals surface area contributed by atoms with Gasteiger partial charge in [0.2, 0.25) is 5.91 Å². The van der Waals surface area contributed by atoms with Crippen LogP contribution in [0.2, 0.25) is 15.1 Å². The van der Waals surface area contributed by atoms with Gasteiger partial charge in [0.05, 0.1) is 21.1 Å². The van der Waals surface area contributed by atoms with E-state index in [0.717, 1.165) is 5.56 Å². The van der Waals surface area contributed by atoms with E-state index in [1.54, 1.807) is 18.0 Å². The van der Waals surface area contributed by atoms with E-state index in [2.05, 4.69) is 5.32 Å². The fourth-order valence-corrected chi connectivity index (χ4v) is 2.60. The Hall–Kier alpha value is -0.480.